The van der Waals surface area contributed by atoms with Crippen LogP contribution in [0.4, 0.5) is 18.9 Å². The molecule has 33 heavy (non-hydrogen) atoms. The Morgan fingerprint density at radius 3 is 2.27 bits per heavy atom. The number of aromatic nitrogens is 1. The summed E-state index contributed by atoms with van der Waals surface area (Å²) in [6, 6.07) is 17.9. The first kappa shape index (κ1) is 22.1. The molecule has 0 spiro atoms. The number of rotatable bonds is 5. The zero-order valence-corrected chi connectivity index (χ0v) is 17.5. The highest BCUT2D eigenvalue weighted by atomic mass is 19.4. The van der Waals surface area contributed by atoms with Crippen molar-refractivity contribution >= 4 is 22.7 Å². The molecule has 0 aliphatic rings. The Morgan fingerprint density at radius 2 is 1.61 bits per heavy atom. The highest BCUT2D eigenvalue weighted by molar-refractivity contribution is 6.02. The van der Waals surface area contributed by atoms with Gasteiger partial charge in [0.05, 0.1) is 29.1 Å². The van der Waals surface area contributed by atoms with E-state index in [-0.39, 0.29) is 10.9 Å². The van der Waals surface area contributed by atoms with Gasteiger partial charge in [0.15, 0.2) is 0 Å². The van der Waals surface area contributed by atoms with Gasteiger partial charge in [0, 0.05) is 17.0 Å². The topological polar surface area (TPSA) is 63.8 Å². The second-order valence-electron chi connectivity index (χ2n) is 7.12. The van der Waals surface area contributed by atoms with Crippen LogP contribution in [0.5, 0.6) is 11.6 Å². The van der Waals surface area contributed by atoms with Crippen LogP contribution in [0.3, 0.4) is 0 Å². The number of pyridine rings is 1. The van der Waals surface area contributed by atoms with E-state index >= 15 is 0 Å². The third kappa shape index (κ3) is 4.32. The van der Waals surface area contributed by atoms with E-state index in [1.807, 2.05) is 6.92 Å². The van der Waals surface area contributed by atoms with Crippen LogP contribution in [0.25, 0.3) is 16.5 Å². The maximum absolute atomic E-state index is 13.6. The first-order valence-electron chi connectivity index (χ1n) is 10.1. The number of aliphatic imine (C=N–C) groups is 1. The number of nitrogens with zero attached hydrogens (tertiary/aromatic N) is 2. The Hall–Kier alpha value is -4.07. The van der Waals surface area contributed by atoms with E-state index in [9.17, 15) is 23.1 Å². The number of aromatic hydroxyl groups is 1. The molecule has 8 heteroatoms. The summed E-state index contributed by atoms with van der Waals surface area (Å²) in [7, 11) is 0. The van der Waals surface area contributed by atoms with E-state index in [2.05, 4.69) is 4.99 Å². The fraction of sp³-hybridized carbons (Fsp3) is 0.120. The molecule has 0 saturated heterocycles. The molecule has 0 atom stereocenters. The summed E-state index contributed by atoms with van der Waals surface area (Å²) in [6.45, 7) is 2.38. The van der Waals surface area contributed by atoms with Gasteiger partial charge in [-0.3, -0.25) is 9.79 Å². The highest BCUT2D eigenvalue weighted by Crippen LogP contribution is 2.36. The second kappa shape index (κ2) is 8.82. The lowest BCUT2D eigenvalue weighted by atomic mass is 10.1. The van der Waals surface area contributed by atoms with Gasteiger partial charge in [0.1, 0.15) is 5.75 Å². The summed E-state index contributed by atoms with van der Waals surface area (Å²) in [5.74, 6) is 0.0344. The van der Waals surface area contributed by atoms with Crippen molar-refractivity contribution in [2.45, 2.75) is 13.1 Å². The molecule has 0 aliphatic carbocycles. The molecule has 168 valence electrons. The SMILES string of the molecule is CCOc1ccc(N=Cc2c(O)n(-c3ccccc3C(F)(F)F)c(=O)c3ccccc23)cc1. The average molecular weight is 452 g/mol. The van der Waals surface area contributed by atoms with Gasteiger partial charge >= 0.3 is 6.18 Å². The van der Waals surface area contributed by atoms with E-state index < -0.39 is 28.9 Å². The van der Waals surface area contributed by atoms with Gasteiger partial charge in [0.25, 0.3) is 5.56 Å². The van der Waals surface area contributed by atoms with Crippen LogP contribution in [-0.4, -0.2) is 22.5 Å². The Kier molecular flexibility index (Phi) is 5.91. The molecule has 4 aromatic rings. The highest BCUT2D eigenvalue weighted by Gasteiger charge is 2.34. The lowest BCUT2D eigenvalue weighted by Gasteiger charge is -2.18. The predicted molar refractivity (Wildman–Crippen MR) is 121 cm³/mol. The predicted octanol–water partition coefficient (Wildman–Crippen LogP) is 5.86. The van der Waals surface area contributed by atoms with E-state index in [4.69, 9.17) is 4.74 Å². The maximum atomic E-state index is 13.6. The smallest absolute Gasteiger partial charge is 0.418 e. The summed E-state index contributed by atoms with van der Waals surface area (Å²) >= 11 is 0. The van der Waals surface area contributed by atoms with Crippen molar-refractivity contribution in [2.24, 2.45) is 4.99 Å². The van der Waals surface area contributed by atoms with Crippen LogP contribution in [0, 0.1) is 0 Å². The van der Waals surface area contributed by atoms with Crippen molar-refractivity contribution in [3.05, 3.63) is 94.3 Å². The number of fused-ring (bicyclic) bond motifs is 1. The van der Waals surface area contributed by atoms with Gasteiger partial charge in [-0.1, -0.05) is 30.3 Å². The molecule has 0 aliphatic heterocycles. The summed E-state index contributed by atoms with van der Waals surface area (Å²) < 4.78 is 47.0. The van der Waals surface area contributed by atoms with E-state index in [0.29, 0.717) is 28.0 Å². The molecule has 0 radical (unpaired) electrons. The number of ether oxygens (including phenoxy) is 1. The van der Waals surface area contributed by atoms with Crippen molar-refractivity contribution in [1.82, 2.24) is 4.57 Å². The molecule has 0 amide bonds. The van der Waals surface area contributed by atoms with Gasteiger partial charge in [-0.15, -0.1) is 0 Å². The van der Waals surface area contributed by atoms with Crippen molar-refractivity contribution < 1.29 is 23.0 Å². The normalized spacial score (nSPS) is 11.9. The van der Waals surface area contributed by atoms with Gasteiger partial charge in [-0.25, -0.2) is 4.57 Å². The number of benzene rings is 3. The van der Waals surface area contributed by atoms with Crippen LogP contribution >= 0.6 is 0 Å². The molecule has 3 aromatic carbocycles. The number of hydrogen-bond acceptors (Lipinski definition) is 4. The van der Waals surface area contributed by atoms with Crippen LogP contribution in [-0.2, 0) is 6.18 Å². The first-order valence-corrected chi connectivity index (χ1v) is 10.1. The number of hydrogen-bond donors (Lipinski definition) is 1. The van der Waals surface area contributed by atoms with Crippen LogP contribution < -0.4 is 10.3 Å². The minimum absolute atomic E-state index is 0.121. The minimum atomic E-state index is -4.72. The van der Waals surface area contributed by atoms with Crippen molar-refractivity contribution in [2.75, 3.05) is 6.61 Å². The zero-order chi connectivity index (χ0) is 23.6. The first-order chi connectivity index (χ1) is 15.8. The number of halogens is 3. The third-order valence-corrected chi connectivity index (χ3v) is 5.04. The Bertz CT molecular complexity index is 1390. The molecule has 0 unspecified atom stereocenters. The van der Waals surface area contributed by atoms with Gasteiger partial charge in [-0.2, -0.15) is 13.2 Å². The van der Waals surface area contributed by atoms with Gasteiger partial charge < -0.3 is 9.84 Å². The van der Waals surface area contributed by atoms with E-state index in [1.54, 1.807) is 42.5 Å². The zero-order valence-electron chi connectivity index (χ0n) is 17.5. The van der Waals surface area contributed by atoms with E-state index in [0.717, 1.165) is 12.1 Å². The Morgan fingerprint density at radius 1 is 0.970 bits per heavy atom. The summed E-state index contributed by atoms with van der Waals surface area (Å²) in [4.78, 5) is 17.5. The van der Waals surface area contributed by atoms with Crippen LogP contribution in [0.15, 0.2) is 82.6 Å². The Balaban J connectivity index is 1.93. The Labute approximate surface area is 187 Å². The fourth-order valence-corrected chi connectivity index (χ4v) is 3.56. The lowest BCUT2D eigenvalue weighted by Crippen LogP contribution is -2.23. The van der Waals surface area contributed by atoms with Crippen LogP contribution in [0.1, 0.15) is 18.1 Å². The number of alkyl halides is 3. The van der Waals surface area contributed by atoms with Crippen molar-refractivity contribution in [3.8, 4) is 17.3 Å². The largest absolute Gasteiger partial charge is 0.494 e. The molecule has 4 rings (SSSR count). The molecule has 5 nitrogen and oxygen atoms in total. The van der Waals surface area contributed by atoms with Crippen molar-refractivity contribution in [1.29, 1.82) is 0 Å². The monoisotopic (exact) mass is 452 g/mol. The molecular weight excluding hydrogens is 433 g/mol. The summed E-state index contributed by atoms with van der Waals surface area (Å²) in [5.41, 5.74) is -1.61. The standard InChI is InChI=1S/C25H19F3N2O3/c1-2-33-17-13-11-16(12-14-17)29-15-20-18-7-3-4-8-19(18)23(31)30(24(20)32)22-10-6-5-9-21(22)25(26,27)28/h3-15,32H,2H2,1H3. The number of para-hydroxylation sites is 1. The minimum Gasteiger partial charge on any atom is -0.494 e. The quantitative estimate of drug-likeness (QED) is 0.386. The van der Waals surface area contributed by atoms with E-state index in [1.165, 1.54) is 24.4 Å². The van der Waals surface area contributed by atoms with Crippen molar-refractivity contribution in [3.63, 3.8) is 0 Å². The molecular formula is C25H19F3N2O3. The summed E-state index contributed by atoms with van der Waals surface area (Å²) in [6.07, 6.45) is -3.38. The third-order valence-electron chi connectivity index (χ3n) is 5.04. The second-order valence-corrected chi connectivity index (χ2v) is 7.12. The van der Waals surface area contributed by atoms with Gasteiger partial charge in [-0.05, 0) is 49.4 Å². The lowest BCUT2D eigenvalue weighted by molar-refractivity contribution is -0.137. The molecule has 0 bridgehead atoms. The molecule has 1 heterocycles. The molecule has 0 saturated carbocycles. The van der Waals surface area contributed by atoms with Gasteiger partial charge in [0.2, 0.25) is 5.88 Å². The molecule has 0 fully saturated rings. The molecule has 1 aromatic heterocycles. The summed E-state index contributed by atoms with van der Waals surface area (Å²) in [5, 5.41) is 11.5. The molecule has 1 N–H and O–H groups in total. The maximum Gasteiger partial charge on any atom is 0.418 e. The fourth-order valence-electron chi connectivity index (χ4n) is 3.56. The van der Waals surface area contributed by atoms with Crippen LogP contribution in [0.2, 0.25) is 0 Å². The average Bonchev–Trinajstić information content (AvgIpc) is 2.80.